The highest BCUT2D eigenvalue weighted by Crippen LogP contribution is 2.07. The standard InChI is InChI=1S/C18H22FN3O/c1-3-10-20-18(21-11-9-17-8-5-12-23-17)22(2)14-15-6-4-7-16(19)13-15/h3-8,12-13H,1,9-11,14H2,2H3,(H,20,21). The predicted octanol–water partition coefficient (Wildman–Crippen LogP) is 3.22. The molecule has 1 aromatic heterocycles. The molecular weight excluding hydrogens is 293 g/mol. The van der Waals surface area contributed by atoms with Crippen molar-refractivity contribution in [3.63, 3.8) is 0 Å². The number of furan rings is 1. The molecule has 0 bridgehead atoms. The van der Waals surface area contributed by atoms with Crippen molar-refractivity contribution in [1.82, 2.24) is 10.2 Å². The van der Waals surface area contributed by atoms with Gasteiger partial charge in [0.15, 0.2) is 5.96 Å². The molecular formula is C18H22FN3O. The van der Waals surface area contributed by atoms with Gasteiger partial charge < -0.3 is 14.6 Å². The summed E-state index contributed by atoms with van der Waals surface area (Å²) in [5.41, 5.74) is 0.895. The minimum atomic E-state index is -0.230. The second-order valence-corrected chi connectivity index (χ2v) is 5.19. The number of hydrogen-bond donors (Lipinski definition) is 1. The van der Waals surface area contributed by atoms with Crippen molar-refractivity contribution in [1.29, 1.82) is 0 Å². The summed E-state index contributed by atoms with van der Waals surface area (Å²) in [4.78, 5) is 6.54. The Kier molecular flexibility index (Phi) is 6.41. The van der Waals surface area contributed by atoms with Crippen LogP contribution in [0.15, 0.2) is 64.7 Å². The van der Waals surface area contributed by atoms with Crippen LogP contribution in [0, 0.1) is 5.82 Å². The van der Waals surface area contributed by atoms with E-state index in [1.807, 2.05) is 30.1 Å². The van der Waals surface area contributed by atoms with Crippen molar-refractivity contribution < 1.29 is 8.81 Å². The van der Waals surface area contributed by atoms with Gasteiger partial charge in [-0.2, -0.15) is 0 Å². The van der Waals surface area contributed by atoms with Gasteiger partial charge in [-0.3, -0.25) is 4.99 Å². The maximum absolute atomic E-state index is 13.3. The van der Waals surface area contributed by atoms with Gasteiger partial charge in [-0.15, -0.1) is 6.58 Å². The van der Waals surface area contributed by atoms with Gasteiger partial charge in [-0.25, -0.2) is 4.39 Å². The zero-order chi connectivity index (χ0) is 16.5. The van der Waals surface area contributed by atoms with Crippen LogP contribution in [-0.4, -0.2) is 31.0 Å². The normalized spacial score (nSPS) is 11.3. The molecule has 0 radical (unpaired) electrons. The summed E-state index contributed by atoms with van der Waals surface area (Å²) in [5, 5.41) is 3.22. The Labute approximate surface area is 136 Å². The van der Waals surface area contributed by atoms with E-state index >= 15 is 0 Å². The van der Waals surface area contributed by atoms with E-state index in [9.17, 15) is 4.39 Å². The maximum atomic E-state index is 13.3. The fourth-order valence-corrected chi connectivity index (χ4v) is 2.19. The van der Waals surface area contributed by atoms with Crippen LogP contribution in [0.2, 0.25) is 0 Å². The average Bonchev–Trinajstić information content (AvgIpc) is 3.04. The molecule has 1 N–H and O–H groups in total. The van der Waals surface area contributed by atoms with Gasteiger partial charge in [0.05, 0.1) is 6.26 Å². The molecule has 0 aliphatic carbocycles. The lowest BCUT2D eigenvalue weighted by Gasteiger charge is -2.22. The van der Waals surface area contributed by atoms with Crippen LogP contribution >= 0.6 is 0 Å². The molecule has 2 rings (SSSR count). The van der Waals surface area contributed by atoms with E-state index in [-0.39, 0.29) is 5.82 Å². The molecule has 2 aromatic rings. The van der Waals surface area contributed by atoms with Crippen LogP contribution in [0.3, 0.4) is 0 Å². The van der Waals surface area contributed by atoms with Gasteiger partial charge in [0.1, 0.15) is 11.6 Å². The summed E-state index contributed by atoms with van der Waals surface area (Å²) >= 11 is 0. The monoisotopic (exact) mass is 315 g/mol. The summed E-state index contributed by atoms with van der Waals surface area (Å²) in [7, 11) is 1.92. The van der Waals surface area contributed by atoms with Crippen molar-refractivity contribution in [2.75, 3.05) is 20.1 Å². The molecule has 0 atom stereocenters. The SMILES string of the molecule is C=CCNC(=NCCc1ccco1)N(C)Cc1cccc(F)c1. The summed E-state index contributed by atoms with van der Waals surface area (Å²) in [6.07, 6.45) is 4.17. The molecule has 0 aliphatic rings. The van der Waals surface area contributed by atoms with Gasteiger partial charge >= 0.3 is 0 Å². The van der Waals surface area contributed by atoms with E-state index in [2.05, 4.69) is 16.9 Å². The van der Waals surface area contributed by atoms with Crippen molar-refractivity contribution in [3.05, 3.63) is 72.5 Å². The molecule has 5 heteroatoms. The number of nitrogens with zero attached hydrogens (tertiary/aromatic N) is 2. The van der Waals surface area contributed by atoms with E-state index in [1.165, 1.54) is 12.1 Å². The summed E-state index contributed by atoms with van der Waals surface area (Å²) in [6, 6.07) is 10.4. The van der Waals surface area contributed by atoms with Crippen molar-refractivity contribution in [3.8, 4) is 0 Å². The first kappa shape index (κ1) is 16.8. The molecule has 1 aromatic carbocycles. The summed E-state index contributed by atoms with van der Waals surface area (Å²) in [5.74, 6) is 1.43. The fraction of sp³-hybridized carbons (Fsp3) is 0.278. The van der Waals surface area contributed by atoms with Crippen LogP contribution in [0.4, 0.5) is 4.39 Å². The van der Waals surface area contributed by atoms with Crippen molar-refractivity contribution in [2.45, 2.75) is 13.0 Å². The Bertz CT molecular complexity index is 637. The first-order valence-corrected chi connectivity index (χ1v) is 7.56. The predicted molar refractivity (Wildman–Crippen MR) is 90.8 cm³/mol. The molecule has 122 valence electrons. The lowest BCUT2D eigenvalue weighted by atomic mass is 10.2. The Morgan fingerprint density at radius 2 is 2.26 bits per heavy atom. The number of benzene rings is 1. The largest absolute Gasteiger partial charge is 0.469 e. The third-order valence-corrected chi connectivity index (χ3v) is 3.27. The van der Waals surface area contributed by atoms with Crippen LogP contribution in [0.25, 0.3) is 0 Å². The van der Waals surface area contributed by atoms with Crippen molar-refractivity contribution in [2.24, 2.45) is 4.99 Å². The minimum Gasteiger partial charge on any atom is -0.469 e. The van der Waals surface area contributed by atoms with Crippen LogP contribution < -0.4 is 5.32 Å². The van der Waals surface area contributed by atoms with E-state index in [1.54, 1.807) is 18.4 Å². The first-order valence-electron chi connectivity index (χ1n) is 7.56. The number of guanidine groups is 1. The smallest absolute Gasteiger partial charge is 0.194 e. The van der Waals surface area contributed by atoms with Crippen molar-refractivity contribution >= 4 is 5.96 Å². The molecule has 23 heavy (non-hydrogen) atoms. The minimum absolute atomic E-state index is 0.230. The Balaban J connectivity index is 1.98. The summed E-state index contributed by atoms with van der Waals surface area (Å²) < 4.78 is 18.6. The van der Waals surface area contributed by atoms with Gasteiger partial charge in [0.2, 0.25) is 0 Å². The number of hydrogen-bond acceptors (Lipinski definition) is 2. The van der Waals surface area contributed by atoms with Gasteiger partial charge in [0, 0.05) is 33.1 Å². The molecule has 0 saturated carbocycles. The quantitative estimate of drug-likeness (QED) is 0.484. The highest BCUT2D eigenvalue weighted by molar-refractivity contribution is 5.79. The highest BCUT2D eigenvalue weighted by Gasteiger charge is 2.07. The third kappa shape index (κ3) is 5.62. The fourth-order valence-electron chi connectivity index (χ4n) is 2.19. The first-order chi connectivity index (χ1) is 11.2. The van der Waals surface area contributed by atoms with Crippen LogP contribution in [0.1, 0.15) is 11.3 Å². The van der Waals surface area contributed by atoms with Gasteiger partial charge in [-0.1, -0.05) is 18.2 Å². The number of rotatable bonds is 7. The van der Waals surface area contributed by atoms with Gasteiger partial charge in [-0.05, 0) is 29.8 Å². The molecule has 0 saturated heterocycles. The summed E-state index contributed by atoms with van der Waals surface area (Å²) in [6.45, 7) is 5.51. The van der Waals surface area contributed by atoms with Gasteiger partial charge in [0.25, 0.3) is 0 Å². The van der Waals surface area contributed by atoms with E-state index in [0.717, 1.165) is 23.7 Å². The third-order valence-electron chi connectivity index (χ3n) is 3.27. The lowest BCUT2D eigenvalue weighted by Crippen LogP contribution is -2.38. The molecule has 4 nitrogen and oxygen atoms in total. The molecule has 0 unspecified atom stereocenters. The second-order valence-electron chi connectivity index (χ2n) is 5.19. The Hall–Kier alpha value is -2.56. The van der Waals surface area contributed by atoms with E-state index in [4.69, 9.17) is 4.42 Å². The molecule has 1 heterocycles. The molecule has 0 fully saturated rings. The number of halogens is 1. The molecule has 0 aliphatic heterocycles. The topological polar surface area (TPSA) is 40.8 Å². The van der Waals surface area contributed by atoms with E-state index in [0.29, 0.717) is 19.6 Å². The molecule has 0 amide bonds. The average molecular weight is 315 g/mol. The number of nitrogens with one attached hydrogen (secondary N) is 1. The Morgan fingerprint density at radius 3 is 2.96 bits per heavy atom. The Morgan fingerprint density at radius 1 is 1.39 bits per heavy atom. The highest BCUT2D eigenvalue weighted by atomic mass is 19.1. The van der Waals surface area contributed by atoms with Crippen LogP contribution in [-0.2, 0) is 13.0 Å². The molecule has 0 spiro atoms. The maximum Gasteiger partial charge on any atom is 0.194 e. The second kappa shape index (κ2) is 8.78. The van der Waals surface area contributed by atoms with Crippen LogP contribution in [0.5, 0.6) is 0 Å². The lowest BCUT2D eigenvalue weighted by molar-refractivity contribution is 0.474. The zero-order valence-corrected chi connectivity index (χ0v) is 13.3. The van der Waals surface area contributed by atoms with E-state index < -0.39 is 0 Å². The zero-order valence-electron chi connectivity index (χ0n) is 13.3. The number of aliphatic imine (C=N–C) groups is 1.